The first-order valence-corrected chi connectivity index (χ1v) is 6.44. The van der Waals surface area contributed by atoms with Gasteiger partial charge in [-0.05, 0) is 6.07 Å². The molecule has 2 aromatic heterocycles. The summed E-state index contributed by atoms with van der Waals surface area (Å²) in [6.45, 7) is 13.1. The van der Waals surface area contributed by atoms with Crippen LogP contribution < -0.4 is 0 Å². The Hall–Kier alpha value is -1.38. The van der Waals surface area contributed by atoms with E-state index in [1.165, 1.54) is 5.69 Å². The van der Waals surface area contributed by atoms with Crippen molar-refractivity contribution in [2.45, 2.75) is 52.4 Å². The van der Waals surface area contributed by atoms with Crippen molar-refractivity contribution in [3.8, 4) is 0 Å². The van der Waals surface area contributed by atoms with E-state index in [1.807, 2.05) is 6.20 Å². The molecule has 0 saturated carbocycles. The molecule has 0 amide bonds. The molecular weight excluding hydrogens is 222 g/mol. The maximum absolute atomic E-state index is 4.71. The molecule has 98 valence electrons. The molecule has 0 unspecified atom stereocenters. The third kappa shape index (κ3) is 2.14. The summed E-state index contributed by atoms with van der Waals surface area (Å²) in [6.07, 6.45) is 1.94. The average Bonchev–Trinajstić information content (AvgIpc) is 2.54. The molecule has 0 radical (unpaired) electrons. The predicted molar refractivity (Wildman–Crippen MR) is 75.9 cm³/mol. The third-order valence-corrected chi connectivity index (χ3v) is 3.23. The number of rotatable bonds is 0. The molecule has 0 bridgehead atoms. The second-order valence-electron chi connectivity index (χ2n) is 7.05. The van der Waals surface area contributed by atoms with Gasteiger partial charge in [-0.2, -0.15) is 0 Å². The number of hydrogen-bond donors (Lipinski definition) is 0. The summed E-state index contributed by atoms with van der Waals surface area (Å²) in [4.78, 5) is 9.21. The summed E-state index contributed by atoms with van der Waals surface area (Å²) < 4.78 is 2.20. The smallest absolute Gasteiger partial charge is 0.134 e. The van der Waals surface area contributed by atoms with E-state index in [0.29, 0.717) is 0 Å². The molecule has 2 heterocycles. The van der Waals surface area contributed by atoms with E-state index >= 15 is 0 Å². The molecule has 0 spiro atoms. The monoisotopic (exact) mass is 245 g/mol. The van der Waals surface area contributed by atoms with Gasteiger partial charge in [-0.25, -0.2) is 9.97 Å². The highest BCUT2D eigenvalue weighted by Crippen LogP contribution is 2.28. The van der Waals surface area contributed by atoms with Crippen molar-refractivity contribution in [2.24, 2.45) is 7.05 Å². The van der Waals surface area contributed by atoms with Gasteiger partial charge in [0, 0.05) is 23.6 Å². The molecule has 3 heteroatoms. The first-order valence-electron chi connectivity index (χ1n) is 6.44. The lowest BCUT2D eigenvalue weighted by molar-refractivity contribution is 0.545. The maximum Gasteiger partial charge on any atom is 0.134 e. The van der Waals surface area contributed by atoms with Crippen LogP contribution in [0.3, 0.4) is 0 Å². The van der Waals surface area contributed by atoms with Crippen LogP contribution in [0.5, 0.6) is 0 Å². The van der Waals surface area contributed by atoms with E-state index in [1.54, 1.807) is 0 Å². The molecule has 0 aliphatic rings. The topological polar surface area (TPSA) is 30.7 Å². The molecule has 0 aromatic carbocycles. The summed E-state index contributed by atoms with van der Waals surface area (Å²) in [7, 11) is 2.09. The molecule has 3 nitrogen and oxygen atoms in total. The van der Waals surface area contributed by atoms with E-state index in [9.17, 15) is 0 Å². The van der Waals surface area contributed by atoms with Crippen molar-refractivity contribution in [3.63, 3.8) is 0 Å². The van der Waals surface area contributed by atoms with Gasteiger partial charge in [0.15, 0.2) is 0 Å². The van der Waals surface area contributed by atoms with Crippen molar-refractivity contribution in [2.75, 3.05) is 0 Å². The molecule has 0 fully saturated rings. The molecule has 18 heavy (non-hydrogen) atoms. The summed E-state index contributed by atoms with van der Waals surface area (Å²) in [5.41, 5.74) is 3.55. The molecule has 2 aromatic rings. The zero-order chi connectivity index (χ0) is 13.7. The highest BCUT2D eigenvalue weighted by molar-refractivity contribution is 5.76. The Labute approximate surface area is 109 Å². The van der Waals surface area contributed by atoms with Crippen molar-refractivity contribution >= 4 is 11.0 Å². The lowest BCUT2D eigenvalue weighted by Gasteiger charge is -2.19. The van der Waals surface area contributed by atoms with Crippen LogP contribution in [0, 0.1) is 0 Å². The van der Waals surface area contributed by atoms with E-state index in [0.717, 1.165) is 16.9 Å². The first kappa shape index (κ1) is 13.1. The summed E-state index contributed by atoms with van der Waals surface area (Å²) in [5, 5.41) is 0. The fraction of sp³-hybridized carbons (Fsp3) is 0.600. The minimum absolute atomic E-state index is 0.00801. The van der Waals surface area contributed by atoms with Crippen molar-refractivity contribution < 1.29 is 0 Å². The highest BCUT2D eigenvalue weighted by Gasteiger charge is 2.22. The van der Waals surface area contributed by atoms with Crippen molar-refractivity contribution in [1.82, 2.24) is 14.5 Å². The van der Waals surface area contributed by atoms with Crippen LogP contribution in [-0.2, 0) is 17.9 Å². The number of fused-ring (bicyclic) bond motifs is 1. The Balaban J connectivity index is 2.67. The summed E-state index contributed by atoms with van der Waals surface area (Å²) in [6, 6.07) is 2.19. The number of hydrogen-bond acceptors (Lipinski definition) is 2. The van der Waals surface area contributed by atoms with Gasteiger partial charge in [-0.3, -0.25) is 0 Å². The zero-order valence-corrected chi connectivity index (χ0v) is 12.5. The molecule has 0 aliphatic heterocycles. The largest absolute Gasteiger partial charge is 0.345 e. The van der Waals surface area contributed by atoms with Gasteiger partial charge >= 0.3 is 0 Å². The fourth-order valence-electron chi connectivity index (χ4n) is 2.19. The maximum atomic E-state index is 4.71. The number of aromatic nitrogens is 3. The zero-order valence-electron chi connectivity index (χ0n) is 12.5. The van der Waals surface area contributed by atoms with Crippen LogP contribution in [0.2, 0.25) is 0 Å². The lowest BCUT2D eigenvalue weighted by Crippen LogP contribution is -2.16. The van der Waals surface area contributed by atoms with Crippen LogP contribution >= 0.6 is 0 Å². The van der Waals surface area contributed by atoms with Gasteiger partial charge in [0.25, 0.3) is 0 Å². The van der Waals surface area contributed by atoms with Crippen molar-refractivity contribution in [3.05, 3.63) is 23.8 Å². The van der Waals surface area contributed by atoms with Crippen LogP contribution in [0.15, 0.2) is 12.3 Å². The number of aryl methyl sites for hydroxylation is 1. The van der Waals surface area contributed by atoms with Gasteiger partial charge in [0.05, 0.1) is 17.2 Å². The quantitative estimate of drug-likeness (QED) is 0.710. The molecule has 0 atom stereocenters. The SMILES string of the molecule is Cn1c(C(C)(C)C)cc2nc(C(C)(C)C)ncc21. The van der Waals surface area contributed by atoms with E-state index in [-0.39, 0.29) is 10.8 Å². The number of nitrogens with zero attached hydrogens (tertiary/aromatic N) is 3. The minimum atomic E-state index is -0.00801. The Morgan fingerprint density at radius 2 is 1.61 bits per heavy atom. The third-order valence-electron chi connectivity index (χ3n) is 3.23. The molecule has 0 aliphatic carbocycles. The van der Waals surface area contributed by atoms with Crippen LogP contribution in [0.4, 0.5) is 0 Å². The highest BCUT2D eigenvalue weighted by atomic mass is 15.0. The van der Waals surface area contributed by atoms with Crippen molar-refractivity contribution in [1.29, 1.82) is 0 Å². The second-order valence-corrected chi connectivity index (χ2v) is 7.05. The molecule has 0 N–H and O–H groups in total. The van der Waals surface area contributed by atoms with Crippen LogP contribution in [0.25, 0.3) is 11.0 Å². The van der Waals surface area contributed by atoms with Gasteiger partial charge in [-0.15, -0.1) is 0 Å². The van der Waals surface area contributed by atoms with Crippen LogP contribution in [0.1, 0.15) is 53.1 Å². The first-order chi connectivity index (χ1) is 8.10. The Kier molecular flexibility index (Phi) is 2.76. The molecular formula is C15H23N3. The molecule has 2 rings (SSSR count). The lowest BCUT2D eigenvalue weighted by atomic mass is 9.92. The Morgan fingerprint density at radius 3 is 2.11 bits per heavy atom. The van der Waals surface area contributed by atoms with Gasteiger partial charge in [-0.1, -0.05) is 41.5 Å². The summed E-state index contributed by atoms with van der Waals surface area (Å²) in [5.74, 6) is 0.904. The van der Waals surface area contributed by atoms with Gasteiger partial charge in [0.1, 0.15) is 5.82 Å². The minimum Gasteiger partial charge on any atom is -0.345 e. The van der Waals surface area contributed by atoms with Crippen LogP contribution in [-0.4, -0.2) is 14.5 Å². The Bertz CT molecular complexity index is 580. The van der Waals surface area contributed by atoms with Gasteiger partial charge < -0.3 is 4.57 Å². The summed E-state index contributed by atoms with van der Waals surface area (Å²) >= 11 is 0. The standard InChI is InChI=1S/C15H23N3/c1-14(2,3)12-8-10-11(18(12)7)9-16-13(17-10)15(4,5)6/h8-9H,1-7H3. The molecule has 0 saturated heterocycles. The average molecular weight is 245 g/mol. The van der Waals surface area contributed by atoms with E-state index in [2.05, 4.69) is 64.2 Å². The van der Waals surface area contributed by atoms with E-state index < -0.39 is 0 Å². The normalized spacial score (nSPS) is 13.3. The fourth-order valence-corrected chi connectivity index (χ4v) is 2.19. The second kappa shape index (κ2) is 3.81. The van der Waals surface area contributed by atoms with Gasteiger partial charge in [0.2, 0.25) is 0 Å². The predicted octanol–water partition coefficient (Wildman–Crippen LogP) is 3.56. The van der Waals surface area contributed by atoms with E-state index in [4.69, 9.17) is 4.98 Å². The Morgan fingerprint density at radius 1 is 1.00 bits per heavy atom.